The molecule has 18 heavy (non-hydrogen) atoms. The van der Waals surface area contributed by atoms with E-state index in [0.29, 0.717) is 0 Å². The highest BCUT2D eigenvalue weighted by molar-refractivity contribution is 8.93. The van der Waals surface area contributed by atoms with Crippen molar-refractivity contribution in [1.29, 1.82) is 0 Å². The van der Waals surface area contributed by atoms with E-state index in [2.05, 4.69) is 14.7 Å². The first kappa shape index (κ1) is 14.6. The molecule has 0 bridgehead atoms. The number of thiazole rings is 1. The van der Waals surface area contributed by atoms with Gasteiger partial charge in [0.25, 0.3) is 0 Å². The van der Waals surface area contributed by atoms with Crippen molar-refractivity contribution in [2.75, 3.05) is 6.61 Å². The van der Waals surface area contributed by atoms with Crippen LogP contribution in [0.2, 0.25) is 0 Å². The fraction of sp³-hybridized carbons (Fsp3) is 0.182. The Labute approximate surface area is 119 Å². The first-order valence-electron chi connectivity index (χ1n) is 5.00. The van der Waals surface area contributed by atoms with Crippen LogP contribution in [0.25, 0.3) is 10.6 Å². The van der Waals surface area contributed by atoms with Gasteiger partial charge in [0.2, 0.25) is 5.88 Å². The number of rotatable bonds is 3. The highest BCUT2D eigenvalue weighted by Gasteiger charge is 2.10. The summed E-state index contributed by atoms with van der Waals surface area (Å²) in [6.07, 6.45) is 2.65. The summed E-state index contributed by atoms with van der Waals surface area (Å²) in [5.74, 6) is 0.243. The zero-order valence-electron chi connectivity index (χ0n) is 9.53. The zero-order chi connectivity index (χ0) is 12.1. The minimum atomic E-state index is -0.740. The van der Waals surface area contributed by atoms with Crippen molar-refractivity contribution in [1.82, 2.24) is 9.97 Å². The fourth-order valence-corrected chi connectivity index (χ4v) is 1.87. The molecule has 0 radical (unpaired) electrons. The molecule has 5 nitrogen and oxygen atoms in total. The molecule has 0 atom stereocenters. The predicted octanol–water partition coefficient (Wildman–Crippen LogP) is 3.32. The van der Waals surface area contributed by atoms with E-state index in [1.165, 1.54) is 11.3 Å². The fourth-order valence-electron chi connectivity index (χ4n) is 1.16. The van der Waals surface area contributed by atoms with E-state index < -0.39 is 6.16 Å². The maximum Gasteiger partial charge on any atom is 0.515 e. The van der Waals surface area contributed by atoms with Crippen LogP contribution in [0.4, 0.5) is 4.79 Å². The van der Waals surface area contributed by atoms with Crippen LogP contribution < -0.4 is 4.74 Å². The Morgan fingerprint density at radius 1 is 1.50 bits per heavy atom. The summed E-state index contributed by atoms with van der Waals surface area (Å²) in [5, 5.41) is 2.40. The standard InChI is InChI=1S/C11H10N2O3S.BrH/c1-2-15-11(14)16-9-7-17-10(13-9)8-4-3-5-12-6-8;/h3-7H,2H2,1H3;1H. The Kier molecular flexibility index (Phi) is 5.73. The first-order chi connectivity index (χ1) is 8.29. The van der Waals surface area contributed by atoms with Crippen molar-refractivity contribution >= 4 is 34.5 Å². The number of carbonyl (C=O) groups excluding carboxylic acids is 1. The number of hydrogen-bond donors (Lipinski definition) is 0. The average molecular weight is 331 g/mol. The Hall–Kier alpha value is -1.47. The highest BCUT2D eigenvalue weighted by atomic mass is 79.9. The van der Waals surface area contributed by atoms with Gasteiger partial charge in [0.05, 0.1) is 12.0 Å². The van der Waals surface area contributed by atoms with Crippen molar-refractivity contribution < 1.29 is 14.3 Å². The second-order valence-corrected chi connectivity index (χ2v) is 3.88. The quantitative estimate of drug-likeness (QED) is 0.808. The van der Waals surface area contributed by atoms with E-state index >= 15 is 0 Å². The molecule has 96 valence electrons. The molecule has 0 saturated carbocycles. The number of aromatic nitrogens is 2. The predicted molar refractivity (Wildman–Crippen MR) is 73.3 cm³/mol. The third-order valence-corrected chi connectivity index (χ3v) is 2.71. The van der Waals surface area contributed by atoms with Crippen LogP contribution in [0.1, 0.15) is 6.92 Å². The molecule has 2 aromatic rings. The van der Waals surface area contributed by atoms with Crippen LogP contribution in [0.5, 0.6) is 5.88 Å². The third kappa shape index (κ3) is 3.78. The van der Waals surface area contributed by atoms with E-state index in [0.717, 1.165) is 10.6 Å². The van der Waals surface area contributed by atoms with Gasteiger partial charge in [0.1, 0.15) is 5.01 Å². The maximum atomic E-state index is 11.1. The van der Waals surface area contributed by atoms with Gasteiger partial charge in [0, 0.05) is 18.0 Å². The Morgan fingerprint density at radius 3 is 3.00 bits per heavy atom. The van der Waals surface area contributed by atoms with Crippen LogP contribution in [0.15, 0.2) is 29.9 Å². The van der Waals surface area contributed by atoms with Crippen LogP contribution in [-0.4, -0.2) is 22.7 Å². The number of hydrogen-bond acceptors (Lipinski definition) is 6. The van der Waals surface area contributed by atoms with Crippen LogP contribution >= 0.6 is 28.3 Å². The summed E-state index contributed by atoms with van der Waals surface area (Å²) < 4.78 is 9.53. The molecule has 0 N–H and O–H groups in total. The van der Waals surface area contributed by atoms with Gasteiger partial charge < -0.3 is 9.47 Å². The smallest absolute Gasteiger partial charge is 0.434 e. The molecule has 0 aromatic carbocycles. The maximum absolute atomic E-state index is 11.1. The van der Waals surface area contributed by atoms with Gasteiger partial charge in [-0.05, 0) is 19.1 Å². The normalized spacial score (nSPS) is 9.39. The molecule has 7 heteroatoms. The molecule has 0 amide bonds. The zero-order valence-corrected chi connectivity index (χ0v) is 12.1. The Morgan fingerprint density at radius 2 is 2.33 bits per heavy atom. The van der Waals surface area contributed by atoms with E-state index in [1.807, 2.05) is 12.1 Å². The summed E-state index contributed by atoms with van der Waals surface area (Å²) in [5.41, 5.74) is 0.885. The molecule has 2 heterocycles. The lowest BCUT2D eigenvalue weighted by atomic mass is 10.3. The minimum Gasteiger partial charge on any atom is -0.434 e. The van der Waals surface area contributed by atoms with Crippen molar-refractivity contribution in [3.05, 3.63) is 29.9 Å². The molecular formula is C11H11BrN2O3S. The number of ether oxygens (including phenoxy) is 2. The summed E-state index contributed by atoms with van der Waals surface area (Å²) in [4.78, 5) is 19.2. The lowest BCUT2D eigenvalue weighted by Crippen LogP contribution is -2.10. The Balaban J connectivity index is 0.00000162. The SMILES string of the molecule is Br.CCOC(=O)Oc1csc(-c2cccnc2)n1. The minimum absolute atomic E-state index is 0. The van der Waals surface area contributed by atoms with Gasteiger partial charge in [0.15, 0.2) is 0 Å². The first-order valence-corrected chi connectivity index (χ1v) is 5.88. The Bertz CT molecular complexity index is 504. The molecule has 2 rings (SSSR count). The summed E-state index contributed by atoms with van der Waals surface area (Å²) in [6.45, 7) is 1.99. The van der Waals surface area contributed by atoms with Gasteiger partial charge in [-0.15, -0.1) is 28.3 Å². The monoisotopic (exact) mass is 330 g/mol. The topological polar surface area (TPSA) is 61.3 Å². The molecular weight excluding hydrogens is 320 g/mol. The number of halogens is 1. The summed E-state index contributed by atoms with van der Waals surface area (Å²) >= 11 is 1.38. The molecule has 0 unspecified atom stereocenters. The highest BCUT2D eigenvalue weighted by Crippen LogP contribution is 2.26. The number of carbonyl (C=O) groups is 1. The van der Waals surface area contributed by atoms with Gasteiger partial charge in [-0.3, -0.25) is 4.98 Å². The van der Waals surface area contributed by atoms with E-state index in [-0.39, 0.29) is 29.5 Å². The average Bonchev–Trinajstić information content (AvgIpc) is 2.79. The molecule has 0 aliphatic rings. The molecule has 0 saturated heterocycles. The van der Waals surface area contributed by atoms with E-state index in [1.54, 1.807) is 24.7 Å². The second-order valence-electron chi connectivity index (χ2n) is 3.02. The molecule has 0 aliphatic carbocycles. The van der Waals surface area contributed by atoms with Crippen molar-refractivity contribution in [2.45, 2.75) is 6.92 Å². The second kappa shape index (κ2) is 7.07. The van der Waals surface area contributed by atoms with Crippen molar-refractivity contribution in [3.63, 3.8) is 0 Å². The van der Waals surface area contributed by atoms with Crippen LogP contribution in [0, 0.1) is 0 Å². The molecule has 0 spiro atoms. The largest absolute Gasteiger partial charge is 0.515 e. The lowest BCUT2D eigenvalue weighted by molar-refractivity contribution is 0.103. The molecule has 0 aliphatic heterocycles. The number of nitrogens with zero attached hydrogens (tertiary/aromatic N) is 2. The third-order valence-electron chi connectivity index (χ3n) is 1.84. The van der Waals surface area contributed by atoms with Gasteiger partial charge in [-0.1, -0.05) is 0 Å². The van der Waals surface area contributed by atoms with Crippen molar-refractivity contribution in [2.24, 2.45) is 0 Å². The van der Waals surface area contributed by atoms with Gasteiger partial charge >= 0.3 is 6.16 Å². The molecule has 0 fully saturated rings. The van der Waals surface area contributed by atoms with Crippen molar-refractivity contribution in [3.8, 4) is 16.5 Å². The molecule has 2 aromatic heterocycles. The van der Waals surface area contributed by atoms with Crippen LogP contribution in [0.3, 0.4) is 0 Å². The summed E-state index contributed by atoms with van der Waals surface area (Å²) in [6, 6.07) is 3.71. The van der Waals surface area contributed by atoms with E-state index in [4.69, 9.17) is 4.74 Å². The number of pyridine rings is 1. The van der Waals surface area contributed by atoms with Gasteiger partial charge in [-0.2, -0.15) is 0 Å². The lowest BCUT2D eigenvalue weighted by Gasteiger charge is -1.99. The van der Waals surface area contributed by atoms with E-state index in [9.17, 15) is 4.79 Å². The summed E-state index contributed by atoms with van der Waals surface area (Å²) in [7, 11) is 0. The van der Waals surface area contributed by atoms with Gasteiger partial charge in [-0.25, -0.2) is 9.78 Å². The van der Waals surface area contributed by atoms with Crippen LogP contribution in [-0.2, 0) is 4.74 Å².